The monoisotopic (exact) mass is 368 g/mol. The van der Waals surface area contributed by atoms with Crippen molar-refractivity contribution in [3.05, 3.63) is 64.2 Å². The third-order valence-electron chi connectivity index (χ3n) is 4.45. The summed E-state index contributed by atoms with van der Waals surface area (Å²) in [6, 6.07) is 10.9. The first kappa shape index (κ1) is 17.2. The van der Waals surface area contributed by atoms with Crippen LogP contribution in [0.1, 0.15) is 10.4 Å². The molecular formula is C19H17FN4O3. The van der Waals surface area contributed by atoms with E-state index in [0.29, 0.717) is 37.0 Å². The molecule has 0 spiro atoms. The van der Waals surface area contributed by atoms with Crippen LogP contribution in [-0.2, 0) is 0 Å². The van der Waals surface area contributed by atoms with Crippen molar-refractivity contribution in [1.29, 1.82) is 0 Å². The number of carbonyl (C=O) groups excluding carboxylic acids is 1. The minimum Gasteiger partial charge on any atom is -0.437 e. The highest BCUT2D eigenvalue weighted by Gasteiger charge is 2.22. The minimum atomic E-state index is -0.606. The average molecular weight is 368 g/mol. The van der Waals surface area contributed by atoms with E-state index in [-0.39, 0.29) is 28.7 Å². The van der Waals surface area contributed by atoms with Crippen LogP contribution in [0.2, 0.25) is 0 Å². The van der Waals surface area contributed by atoms with Crippen molar-refractivity contribution >= 4 is 16.7 Å². The summed E-state index contributed by atoms with van der Waals surface area (Å²) in [6.45, 7) is 2.40. The first-order valence-electron chi connectivity index (χ1n) is 8.58. The van der Waals surface area contributed by atoms with Gasteiger partial charge in [0.05, 0.1) is 16.3 Å². The molecule has 0 saturated carbocycles. The number of ether oxygens (including phenoxy) is 1. The van der Waals surface area contributed by atoms with Gasteiger partial charge in [-0.3, -0.25) is 9.59 Å². The van der Waals surface area contributed by atoms with Gasteiger partial charge < -0.3 is 15.0 Å². The number of halogens is 1. The van der Waals surface area contributed by atoms with E-state index in [0.717, 1.165) is 0 Å². The molecule has 3 aromatic rings. The van der Waals surface area contributed by atoms with Crippen molar-refractivity contribution in [2.24, 2.45) is 0 Å². The number of rotatable bonds is 3. The molecule has 7 nitrogen and oxygen atoms in total. The number of nitrogens with one attached hydrogen (secondary N) is 2. The second-order valence-corrected chi connectivity index (χ2v) is 6.19. The van der Waals surface area contributed by atoms with Gasteiger partial charge in [-0.2, -0.15) is 0 Å². The third-order valence-corrected chi connectivity index (χ3v) is 4.45. The predicted molar refractivity (Wildman–Crippen MR) is 97.6 cm³/mol. The predicted octanol–water partition coefficient (Wildman–Crippen LogP) is 1.90. The standard InChI is InChI=1S/C19H17FN4O3/c20-16-6-5-12(11-15(16)19(26)24-9-7-21-8-10-24)27-18-14-4-2-1-3-13(14)17(25)22-23-18/h1-6,11,21H,7-10H2,(H,22,25). The van der Waals surface area contributed by atoms with Crippen molar-refractivity contribution in [2.75, 3.05) is 26.2 Å². The number of amides is 1. The molecule has 0 aliphatic carbocycles. The summed E-state index contributed by atoms with van der Waals surface area (Å²) < 4.78 is 20.0. The Morgan fingerprint density at radius 2 is 1.85 bits per heavy atom. The second kappa shape index (κ2) is 7.16. The highest BCUT2D eigenvalue weighted by Crippen LogP contribution is 2.27. The summed E-state index contributed by atoms with van der Waals surface area (Å²) >= 11 is 0. The van der Waals surface area contributed by atoms with Crippen LogP contribution < -0.4 is 15.6 Å². The van der Waals surface area contributed by atoms with Crippen molar-refractivity contribution in [1.82, 2.24) is 20.4 Å². The highest BCUT2D eigenvalue weighted by molar-refractivity contribution is 5.95. The fourth-order valence-electron chi connectivity index (χ4n) is 3.05. The average Bonchev–Trinajstić information content (AvgIpc) is 2.72. The van der Waals surface area contributed by atoms with Gasteiger partial charge in [0.2, 0.25) is 5.88 Å². The molecule has 1 amide bonds. The molecule has 4 rings (SSSR count). The Bertz CT molecular complexity index is 1060. The van der Waals surface area contributed by atoms with Gasteiger partial charge in [-0.05, 0) is 30.3 Å². The molecule has 2 heterocycles. The first-order chi connectivity index (χ1) is 13.1. The number of hydrogen-bond acceptors (Lipinski definition) is 5. The second-order valence-electron chi connectivity index (χ2n) is 6.19. The zero-order valence-corrected chi connectivity index (χ0v) is 14.4. The van der Waals surface area contributed by atoms with Crippen LogP contribution in [0.3, 0.4) is 0 Å². The normalized spacial score (nSPS) is 14.3. The van der Waals surface area contributed by atoms with E-state index in [1.807, 2.05) is 0 Å². The molecule has 2 N–H and O–H groups in total. The largest absolute Gasteiger partial charge is 0.437 e. The number of aromatic nitrogens is 2. The fraction of sp³-hybridized carbons (Fsp3) is 0.211. The quantitative estimate of drug-likeness (QED) is 0.737. The van der Waals surface area contributed by atoms with Crippen molar-refractivity contribution in [2.45, 2.75) is 0 Å². The zero-order chi connectivity index (χ0) is 18.8. The Balaban J connectivity index is 1.67. The van der Waals surface area contributed by atoms with Crippen LogP contribution in [0.4, 0.5) is 4.39 Å². The van der Waals surface area contributed by atoms with Gasteiger partial charge in [0.1, 0.15) is 11.6 Å². The summed E-state index contributed by atoms with van der Waals surface area (Å²) in [4.78, 5) is 26.1. The topological polar surface area (TPSA) is 87.3 Å². The van der Waals surface area contributed by atoms with E-state index < -0.39 is 5.82 Å². The van der Waals surface area contributed by atoms with Crippen LogP contribution in [-0.4, -0.2) is 47.2 Å². The smallest absolute Gasteiger partial charge is 0.272 e. The number of fused-ring (bicyclic) bond motifs is 1. The van der Waals surface area contributed by atoms with E-state index in [9.17, 15) is 14.0 Å². The Morgan fingerprint density at radius 1 is 1.11 bits per heavy atom. The summed E-state index contributed by atoms with van der Waals surface area (Å²) in [5.41, 5.74) is -0.380. The molecule has 1 aromatic heterocycles. The van der Waals surface area contributed by atoms with Crippen molar-refractivity contribution in [3.8, 4) is 11.6 Å². The van der Waals surface area contributed by atoms with Gasteiger partial charge in [-0.15, -0.1) is 5.10 Å². The number of carbonyl (C=O) groups is 1. The third kappa shape index (κ3) is 3.39. The van der Waals surface area contributed by atoms with E-state index in [4.69, 9.17) is 4.74 Å². The maximum Gasteiger partial charge on any atom is 0.272 e. The molecule has 0 bridgehead atoms. The number of piperazine rings is 1. The molecule has 0 unspecified atom stereocenters. The molecule has 27 heavy (non-hydrogen) atoms. The maximum absolute atomic E-state index is 14.2. The molecule has 0 atom stereocenters. The summed E-state index contributed by atoms with van der Waals surface area (Å²) in [7, 11) is 0. The lowest BCUT2D eigenvalue weighted by molar-refractivity contribution is 0.0730. The van der Waals surface area contributed by atoms with Gasteiger partial charge in [0.25, 0.3) is 11.5 Å². The molecule has 1 fully saturated rings. The van der Waals surface area contributed by atoms with Gasteiger partial charge in [0, 0.05) is 26.2 Å². The van der Waals surface area contributed by atoms with Crippen LogP contribution in [0.5, 0.6) is 11.6 Å². The Hall–Kier alpha value is -3.26. The number of H-pyrrole nitrogens is 1. The van der Waals surface area contributed by atoms with E-state index in [1.165, 1.54) is 18.2 Å². The molecule has 1 saturated heterocycles. The van der Waals surface area contributed by atoms with Crippen molar-refractivity contribution < 1.29 is 13.9 Å². The molecule has 2 aromatic carbocycles. The lowest BCUT2D eigenvalue weighted by Gasteiger charge is -2.27. The minimum absolute atomic E-state index is 0.0527. The number of benzene rings is 2. The van der Waals surface area contributed by atoms with E-state index in [2.05, 4.69) is 15.5 Å². The first-order valence-corrected chi connectivity index (χ1v) is 8.58. The maximum atomic E-state index is 14.2. The van der Waals surface area contributed by atoms with Gasteiger partial charge in [-0.25, -0.2) is 9.49 Å². The van der Waals surface area contributed by atoms with Gasteiger partial charge in [-0.1, -0.05) is 12.1 Å². The summed E-state index contributed by atoms with van der Waals surface area (Å²) in [5, 5.41) is 10.4. The van der Waals surface area contributed by atoms with E-state index in [1.54, 1.807) is 29.2 Å². The Kier molecular flexibility index (Phi) is 4.55. The lowest BCUT2D eigenvalue weighted by Crippen LogP contribution is -2.46. The Morgan fingerprint density at radius 3 is 2.63 bits per heavy atom. The molecular weight excluding hydrogens is 351 g/mol. The molecule has 1 aliphatic heterocycles. The van der Waals surface area contributed by atoms with E-state index >= 15 is 0 Å². The molecule has 8 heteroatoms. The fourth-order valence-corrected chi connectivity index (χ4v) is 3.05. The van der Waals surface area contributed by atoms with Crippen LogP contribution in [0.25, 0.3) is 10.8 Å². The lowest BCUT2D eigenvalue weighted by atomic mass is 10.1. The zero-order valence-electron chi connectivity index (χ0n) is 14.4. The molecule has 1 aliphatic rings. The van der Waals surface area contributed by atoms with Crippen molar-refractivity contribution in [3.63, 3.8) is 0 Å². The Labute approximate surface area is 153 Å². The van der Waals surface area contributed by atoms with Gasteiger partial charge >= 0.3 is 0 Å². The molecule has 138 valence electrons. The summed E-state index contributed by atoms with van der Waals surface area (Å²) in [6.07, 6.45) is 0. The highest BCUT2D eigenvalue weighted by atomic mass is 19.1. The van der Waals surface area contributed by atoms with Crippen LogP contribution in [0, 0.1) is 5.82 Å². The number of aromatic amines is 1. The molecule has 0 radical (unpaired) electrons. The SMILES string of the molecule is O=C(c1cc(Oc2n[nH]c(=O)c3ccccc23)ccc1F)N1CCNCC1. The van der Waals surface area contributed by atoms with Crippen LogP contribution in [0.15, 0.2) is 47.3 Å². The number of nitrogens with zero attached hydrogens (tertiary/aromatic N) is 2. The summed E-state index contributed by atoms with van der Waals surface area (Å²) in [5.74, 6) is -0.541. The van der Waals surface area contributed by atoms with Crippen LogP contribution >= 0.6 is 0 Å². The van der Waals surface area contributed by atoms with Gasteiger partial charge in [0.15, 0.2) is 0 Å². The number of hydrogen-bond donors (Lipinski definition) is 2.